The zero-order chi connectivity index (χ0) is 21.6. The number of halogens is 1. The van der Waals surface area contributed by atoms with Gasteiger partial charge in [0.1, 0.15) is 11.6 Å². The largest absolute Gasteiger partial charge is 0.497 e. The number of nitrogens with one attached hydrogen (secondary N) is 1. The van der Waals surface area contributed by atoms with Gasteiger partial charge in [-0.3, -0.25) is 9.69 Å². The summed E-state index contributed by atoms with van der Waals surface area (Å²) in [6.07, 6.45) is 0. The van der Waals surface area contributed by atoms with Crippen LogP contribution in [-0.4, -0.2) is 50.8 Å². The Labute approximate surface area is 185 Å². The van der Waals surface area contributed by atoms with Crippen LogP contribution in [0.25, 0.3) is 10.4 Å². The Kier molecular flexibility index (Phi) is 6.96. The molecule has 0 radical (unpaired) electrons. The first-order valence-corrected chi connectivity index (χ1v) is 11.1. The van der Waals surface area contributed by atoms with Crippen molar-refractivity contribution in [3.63, 3.8) is 0 Å². The summed E-state index contributed by atoms with van der Waals surface area (Å²) in [5.41, 5.74) is 2.02. The summed E-state index contributed by atoms with van der Waals surface area (Å²) in [5.74, 6) is 0.427. The van der Waals surface area contributed by atoms with Crippen LogP contribution in [0.4, 0.5) is 4.39 Å². The molecule has 1 aromatic heterocycles. The summed E-state index contributed by atoms with van der Waals surface area (Å²) in [7, 11) is 1.65. The number of carbonyl (C=O) groups is 1. The highest BCUT2D eigenvalue weighted by atomic mass is 32.1. The van der Waals surface area contributed by atoms with Gasteiger partial charge in [-0.2, -0.15) is 0 Å². The van der Waals surface area contributed by atoms with Crippen LogP contribution >= 0.6 is 11.3 Å². The molecule has 3 aromatic rings. The maximum absolute atomic E-state index is 13.2. The number of hydrogen-bond acceptors (Lipinski definition) is 5. The average molecular weight is 441 g/mol. The fraction of sp³-hybridized carbons (Fsp3) is 0.292. The van der Waals surface area contributed by atoms with Gasteiger partial charge in [0.2, 0.25) is 0 Å². The fourth-order valence-electron chi connectivity index (χ4n) is 3.68. The van der Waals surface area contributed by atoms with E-state index >= 15 is 0 Å². The third-order valence-corrected chi connectivity index (χ3v) is 6.53. The third-order valence-electron chi connectivity index (χ3n) is 5.40. The van der Waals surface area contributed by atoms with E-state index in [1.54, 1.807) is 19.2 Å². The maximum Gasteiger partial charge on any atom is 0.261 e. The summed E-state index contributed by atoms with van der Waals surface area (Å²) in [6, 6.07) is 18.0. The van der Waals surface area contributed by atoms with Crippen molar-refractivity contribution >= 4 is 17.2 Å². The van der Waals surface area contributed by atoms with Gasteiger partial charge in [0, 0.05) is 24.5 Å². The fourth-order valence-corrected chi connectivity index (χ4v) is 4.61. The molecule has 0 aliphatic carbocycles. The van der Waals surface area contributed by atoms with Crippen LogP contribution in [0.5, 0.6) is 5.75 Å². The predicted octanol–water partition coefficient (Wildman–Crippen LogP) is 4.37. The van der Waals surface area contributed by atoms with E-state index < -0.39 is 0 Å². The molecule has 1 saturated heterocycles. The molecule has 0 unspecified atom stereocenters. The van der Waals surface area contributed by atoms with Gasteiger partial charge in [-0.05, 0) is 47.5 Å². The Balaban J connectivity index is 1.46. The van der Waals surface area contributed by atoms with Crippen LogP contribution in [0.2, 0.25) is 0 Å². The van der Waals surface area contributed by atoms with Crippen LogP contribution in [0, 0.1) is 5.82 Å². The molecule has 31 heavy (non-hydrogen) atoms. The number of carbonyl (C=O) groups excluding carboxylic acids is 1. The second kappa shape index (κ2) is 10.0. The number of methoxy groups -OCH3 is 1. The van der Waals surface area contributed by atoms with E-state index in [0.717, 1.165) is 34.8 Å². The Hall–Kier alpha value is -2.74. The van der Waals surface area contributed by atoms with Gasteiger partial charge >= 0.3 is 0 Å². The minimum Gasteiger partial charge on any atom is -0.497 e. The van der Waals surface area contributed by atoms with E-state index in [9.17, 15) is 9.18 Å². The molecule has 1 N–H and O–H groups in total. The molecule has 0 bridgehead atoms. The molecule has 1 fully saturated rings. The van der Waals surface area contributed by atoms with Crippen molar-refractivity contribution in [3.8, 4) is 16.2 Å². The lowest BCUT2D eigenvalue weighted by Crippen LogP contribution is -2.43. The molecule has 1 atom stereocenters. The van der Waals surface area contributed by atoms with Crippen LogP contribution in [0.1, 0.15) is 21.3 Å². The summed E-state index contributed by atoms with van der Waals surface area (Å²) in [4.78, 5) is 16.7. The van der Waals surface area contributed by atoms with Gasteiger partial charge in [-0.25, -0.2) is 4.39 Å². The van der Waals surface area contributed by atoms with Gasteiger partial charge in [-0.1, -0.05) is 24.3 Å². The number of thiophene rings is 1. The molecule has 1 aliphatic rings. The number of nitrogens with zero attached hydrogens (tertiary/aromatic N) is 1. The predicted molar refractivity (Wildman–Crippen MR) is 120 cm³/mol. The van der Waals surface area contributed by atoms with Gasteiger partial charge in [0.15, 0.2) is 0 Å². The van der Waals surface area contributed by atoms with Gasteiger partial charge < -0.3 is 14.8 Å². The van der Waals surface area contributed by atoms with Crippen molar-refractivity contribution in [2.45, 2.75) is 6.04 Å². The smallest absolute Gasteiger partial charge is 0.261 e. The molecule has 1 amide bonds. The van der Waals surface area contributed by atoms with E-state index in [4.69, 9.17) is 9.47 Å². The molecule has 7 heteroatoms. The lowest BCUT2D eigenvalue weighted by Gasteiger charge is -2.35. The number of amides is 1. The van der Waals surface area contributed by atoms with E-state index in [-0.39, 0.29) is 17.8 Å². The minimum atomic E-state index is -0.272. The normalized spacial score (nSPS) is 15.4. The maximum atomic E-state index is 13.2. The van der Waals surface area contributed by atoms with E-state index in [1.165, 1.54) is 23.5 Å². The van der Waals surface area contributed by atoms with Crippen molar-refractivity contribution in [3.05, 3.63) is 76.9 Å². The average Bonchev–Trinajstić information content (AvgIpc) is 3.31. The van der Waals surface area contributed by atoms with Gasteiger partial charge in [0.05, 0.1) is 31.2 Å². The topological polar surface area (TPSA) is 50.8 Å². The standard InChI is InChI=1S/C24H25FN2O3S/c1-29-20-8-4-17(5-9-20)21(27-12-14-30-15-13-27)16-26-24(28)23-11-10-22(31-23)18-2-6-19(25)7-3-18/h2-11,21H,12-16H2,1H3,(H,26,28)/t21-/m0/s1. The minimum absolute atomic E-state index is 0.0512. The molecule has 4 rings (SSSR count). The van der Waals surface area contributed by atoms with E-state index in [0.29, 0.717) is 24.6 Å². The molecule has 2 aromatic carbocycles. The first kappa shape index (κ1) is 21.5. The van der Waals surface area contributed by atoms with E-state index in [2.05, 4.69) is 10.2 Å². The van der Waals surface area contributed by atoms with Gasteiger partial charge in [-0.15, -0.1) is 11.3 Å². The van der Waals surface area contributed by atoms with Crippen molar-refractivity contribution in [1.82, 2.24) is 10.2 Å². The zero-order valence-corrected chi connectivity index (χ0v) is 18.2. The summed E-state index contributed by atoms with van der Waals surface area (Å²) in [5, 5.41) is 3.10. The Bertz CT molecular complexity index is 998. The SMILES string of the molecule is COc1ccc([C@H](CNC(=O)c2ccc(-c3ccc(F)cc3)s2)N2CCOCC2)cc1. The van der Waals surface area contributed by atoms with Crippen molar-refractivity contribution in [2.75, 3.05) is 40.0 Å². The van der Waals surface area contributed by atoms with Crippen molar-refractivity contribution < 1.29 is 18.7 Å². The molecule has 0 spiro atoms. The number of rotatable bonds is 7. The second-order valence-corrected chi connectivity index (χ2v) is 8.40. The number of ether oxygens (including phenoxy) is 2. The summed E-state index contributed by atoms with van der Waals surface area (Å²) in [6.45, 7) is 3.51. The first-order chi connectivity index (χ1) is 15.1. The molecular formula is C24H25FN2O3S. The lowest BCUT2D eigenvalue weighted by molar-refractivity contribution is 0.0162. The quantitative estimate of drug-likeness (QED) is 0.593. The molecule has 0 saturated carbocycles. The Morgan fingerprint density at radius 1 is 1.10 bits per heavy atom. The lowest BCUT2D eigenvalue weighted by atomic mass is 10.0. The zero-order valence-electron chi connectivity index (χ0n) is 17.3. The molecular weight excluding hydrogens is 415 g/mol. The summed E-state index contributed by atoms with van der Waals surface area (Å²) >= 11 is 1.40. The highest BCUT2D eigenvalue weighted by molar-refractivity contribution is 7.17. The molecule has 2 heterocycles. The van der Waals surface area contributed by atoms with Crippen LogP contribution in [0.3, 0.4) is 0 Å². The Morgan fingerprint density at radius 2 is 1.81 bits per heavy atom. The monoisotopic (exact) mass is 440 g/mol. The van der Waals surface area contributed by atoms with Crippen LogP contribution in [-0.2, 0) is 4.74 Å². The molecule has 5 nitrogen and oxygen atoms in total. The molecule has 162 valence electrons. The first-order valence-electron chi connectivity index (χ1n) is 10.2. The highest BCUT2D eigenvalue weighted by Crippen LogP contribution is 2.29. The second-order valence-electron chi connectivity index (χ2n) is 7.32. The molecule has 1 aliphatic heterocycles. The van der Waals surface area contributed by atoms with Gasteiger partial charge in [0.25, 0.3) is 5.91 Å². The highest BCUT2D eigenvalue weighted by Gasteiger charge is 2.24. The van der Waals surface area contributed by atoms with Crippen LogP contribution in [0.15, 0.2) is 60.7 Å². The van der Waals surface area contributed by atoms with E-state index in [1.807, 2.05) is 36.4 Å². The Morgan fingerprint density at radius 3 is 2.48 bits per heavy atom. The third kappa shape index (κ3) is 5.31. The number of benzene rings is 2. The van der Waals surface area contributed by atoms with Crippen molar-refractivity contribution in [2.24, 2.45) is 0 Å². The van der Waals surface area contributed by atoms with Crippen molar-refractivity contribution in [1.29, 1.82) is 0 Å². The van der Waals surface area contributed by atoms with Crippen LogP contribution < -0.4 is 10.1 Å². The number of morpholine rings is 1. The number of hydrogen-bond donors (Lipinski definition) is 1. The summed E-state index contributed by atoms with van der Waals surface area (Å²) < 4.78 is 23.9.